The van der Waals surface area contributed by atoms with Gasteiger partial charge in [0.15, 0.2) is 11.6 Å². The molecule has 0 heterocycles. The Bertz CT molecular complexity index is 1010. The molecule has 1 aliphatic carbocycles. The van der Waals surface area contributed by atoms with E-state index < -0.39 is 5.82 Å². The Balaban J connectivity index is 1.58. The zero-order valence-electron chi connectivity index (χ0n) is 19.1. The second-order valence-electron chi connectivity index (χ2n) is 9.51. The minimum absolute atomic E-state index is 0.0199. The minimum atomic E-state index is -0.491. The van der Waals surface area contributed by atoms with Crippen LogP contribution in [-0.2, 0) is 20.9 Å². The van der Waals surface area contributed by atoms with E-state index in [0.717, 1.165) is 0 Å². The van der Waals surface area contributed by atoms with Crippen molar-refractivity contribution in [3.8, 4) is 11.5 Å². The van der Waals surface area contributed by atoms with Gasteiger partial charge in [0.1, 0.15) is 12.4 Å². The quantitative estimate of drug-likeness (QED) is 0.349. The molecule has 6 heteroatoms. The van der Waals surface area contributed by atoms with Crippen LogP contribution in [0.3, 0.4) is 0 Å². The third-order valence-electron chi connectivity index (χ3n) is 5.36. The summed E-state index contributed by atoms with van der Waals surface area (Å²) in [5, 5.41) is -0.0235. The standard InChI is InChI=1S/C26H29FO4S/c1-25(2,3)32-22(28)14-12-19-23(26(19,4)5)24(29)30-16-17-11-13-20(27)21(15-17)31-18-9-7-6-8-10-18/h6-15,19,23H,16H2,1-5H3/t19-,23-/m0/s1. The largest absolute Gasteiger partial charge is 0.461 e. The number of rotatable bonds is 7. The number of hydrogen-bond acceptors (Lipinski definition) is 5. The maximum Gasteiger partial charge on any atom is 0.310 e. The number of benzene rings is 2. The molecule has 3 rings (SSSR count). The summed E-state index contributed by atoms with van der Waals surface area (Å²) >= 11 is 1.26. The van der Waals surface area contributed by atoms with Crippen molar-refractivity contribution >= 4 is 22.8 Å². The fourth-order valence-electron chi connectivity index (χ4n) is 3.58. The molecule has 0 aromatic heterocycles. The van der Waals surface area contributed by atoms with Gasteiger partial charge in [-0.15, -0.1) is 0 Å². The van der Waals surface area contributed by atoms with Crippen molar-refractivity contribution in [3.63, 3.8) is 0 Å². The number of ether oxygens (including phenoxy) is 2. The van der Waals surface area contributed by atoms with Gasteiger partial charge in [-0.25, -0.2) is 4.39 Å². The second kappa shape index (κ2) is 9.49. The number of carbonyl (C=O) groups excluding carboxylic acids is 2. The Kier molecular flexibility index (Phi) is 7.13. The van der Waals surface area contributed by atoms with Crippen LogP contribution in [0.15, 0.2) is 60.7 Å². The van der Waals surface area contributed by atoms with Crippen LogP contribution in [0.2, 0.25) is 0 Å². The predicted octanol–water partition coefficient (Wildman–Crippen LogP) is 6.55. The summed E-state index contributed by atoms with van der Waals surface area (Å²) < 4.78 is 25.1. The molecule has 0 amide bonds. The monoisotopic (exact) mass is 456 g/mol. The molecular formula is C26H29FO4S. The number of esters is 1. The van der Waals surface area contributed by atoms with Gasteiger partial charge in [-0.05, 0) is 47.2 Å². The van der Waals surface area contributed by atoms with Gasteiger partial charge in [-0.3, -0.25) is 9.59 Å². The van der Waals surface area contributed by atoms with Crippen LogP contribution in [0.4, 0.5) is 4.39 Å². The molecule has 2 aromatic carbocycles. The lowest BCUT2D eigenvalue weighted by molar-refractivity contribution is -0.147. The van der Waals surface area contributed by atoms with E-state index in [9.17, 15) is 14.0 Å². The topological polar surface area (TPSA) is 52.6 Å². The SMILES string of the molecule is CC(C)(C)SC(=O)C=C[C@H]1[C@@H](C(=O)OCc2ccc(F)c(Oc3ccccc3)c2)C1(C)C. The Hall–Kier alpha value is -2.60. The second-order valence-corrected chi connectivity index (χ2v) is 11.3. The molecule has 0 unspecified atom stereocenters. The van der Waals surface area contributed by atoms with E-state index in [1.54, 1.807) is 36.4 Å². The molecule has 0 bridgehead atoms. The number of halogens is 1. The molecule has 0 radical (unpaired) electrons. The molecule has 2 atom stereocenters. The van der Waals surface area contributed by atoms with Crippen LogP contribution in [0.1, 0.15) is 40.2 Å². The molecule has 1 aliphatic rings. The van der Waals surface area contributed by atoms with Crippen LogP contribution < -0.4 is 4.74 Å². The van der Waals surface area contributed by atoms with Crippen LogP contribution in [0.25, 0.3) is 0 Å². The van der Waals surface area contributed by atoms with E-state index in [4.69, 9.17) is 9.47 Å². The van der Waals surface area contributed by atoms with Crippen molar-refractivity contribution in [1.29, 1.82) is 0 Å². The molecule has 170 valence electrons. The van der Waals surface area contributed by atoms with E-state index in [-0.39, 0.29) is 45.4 Å². The van der Waals surface area contributed by atoms with Gasteiger partial charge in [-0.1, -0.05) is 76.7 Å². The Morgan fingerprint density at radius 2 is 1.81 bits per heavy atom. The van der Waals surface area contributed by atoms with Gasteiger partial charge < -0.3 is 9.47 Å². The first kappa shape index (κ1) is 24.1. The number of para-hydroxylation sites is 1. The highest BCUT2D eigenvalue weighted by molar-refractivity contribution is 8.15. The third-order valence-corrected chi connectivity index (χ3v) is 6.31. The molecule has 0 spiro atoms. The maximum absolute atomic E-state index is 14.1. The van der Waals surface area contributed by atoms with Gasteiger partial charge in [0, 0.05) is 4.75 Å². The summed E-state index contributed by atoms with van der Waals surface area (Å²) in [6.45, 7) is 9.94. The van der Waals surface area contributed by atoms with E-state index in [1.165, 1.54) is 23.9 Å². The molecular weight excluding hydrogens is 427 g/mol. The highest BCUT2D eigenvalue weighted by Crippen LogP contribution is 2.59. The van der Waals surface area contributed by atoms with E-state index in [0.29, 0.717) is 11.3 Å². The van der Waals surface area contributed by atoms with Gasteiger partial charge in [0.2, 0.25) is 5.12 Å². The van der Waals surface area contributed by atoms with Crippen LogP contribution >= 0.6 is 11.8 Å². The van der Waals surface area contributed by atoms with E-state index in [1.807, 2.05) is 46.8 Å². The zero-order chi connectivity index (χ0) is 23.5. The van der Waals surface area contributed by atoms with Gasteiger partial charge in [0.25, 0.3) is 0 Å². The fourth-order valence-corrected chi connectivity index (χ4v) is 4.33. The smallest absolute Gasteiger partial charge is 0.310 e. The molecule has 2 aromatic rings. The molecule has 0 N–H and O–H groups in total. The number of thioether (sulfide) groups is 1. The summed E-state index contributed by atoms with van der Waals surface area (Å²) in [4.78, 5) is 24.8. The first-order valence-electron chi connectivity index (χ1n) is 10.6. The van der Waals surface area contributed by atoms with Crippen LogP contribution in [0, 0.1) is 23.1 Å². The third kappa shape index (κ3) is 6.22. The Labute approximate surface area is 193 Å². The average molecular weight is 457 g/mol. The molecule has 32 heavy (non-hydrogen) atoms. The molecule has 1 fully saturated rings. The molecule has 0 saturated heterocycles. The maximum atomic E-state index is 14.1. The fraction of sp³-hybridized carbons (Fsp3) is 0.385. The summed E-state index contributed by atoms with van der Waals surface area (Å²) in [6.07, 6.45) is 3.37. The van der Waals surface area contributed by atoms with E-state index >= 15 is 0 Å². The van der Waals surface area contributed by atoms with Crippen molar-refractivity contribution in [2.45, 2.75) is 46.0 Å². The summed E-state index contributed by atoms with van der Waals surface area (Å²) in [5.74, 6) is -0.580. The number of carbonyl (C=O) groups is 2. The number of hydrogen-bond donors (Lipinski definition) is 0. The van der Waals surface area contributed by atoms with Crippen molar-refractivity contribution in [3.05, 3.63) is 72.1 Å². The average Bonchev–Trinajstić information content (AvgIpc) is 3.26. The van der Waals surface area contributed by atoms with Crippen LogP contribution in [-0.4, -0.2) is 15.8 Å². The lowest BCUT2D eigenvalue weighted by Gasteiger charge is -2.14. The van der Waals surface area contributed by atoms with Crippen molar-refractivity contribution in [2.75, 3.05) is 0 Å². The summed E-state index contributed by atoms with van der Waals surface area (Å²) in [6, 6.07) is 13.3. The van der Waals surface area contributed by atoms with Gasteiger partial charge in [-0.2, -0.15) is 0 Å². The van der Waals surface area contributed by atoms with E-state index in [2.05, 4.69) is 0 Å². The lowest BCUT2D eigenvalue weighted by atomic mass is 10.1. The highest BCUT2D eigenvalue weighted by atomic mass is 32.2. The Morgan fingerprint density at radius 3 is 2.47 bits per heavy atom. The normalized spacial score (nSPS) is 19.6. The van der Waals surface area contributed by atoms with Gasteiger partial charge >= 0.3 is 5.97 Å². The first-order chi connectivity index (χ1) is 15.0. The summed E-state index contributed by atoms with van der Waals surface area (Å²) in [5.41, 5.74) is 0.359. The first-order valence-corrected chi connectivity index (χ1v) is 11.4. The van der Waals surface area contributed by atoms with Crippen molar-refractivity contribution < 1.29 is 23.5 Å². The number of allylic oxidation sites excluding steroid dienone is 1. The summed E-state index contributed by atoms with van der Waals surface area (Å²) in [7, 11) is 0. The minimum Gasteiger partial charge on any atom is -0.461 e. The lowest BCUT2D eigenvalue weighted by Crippen LogP contribution is -2.11. The van der Waals surface area contributed by atoms with Crippen molar-refractivity contribution in [1.82, 2.24) is 0 Å². The van der Waals surface area contributed by atoms with Gasteiger partial charge in [0.05, 0.1) is 5.92 Å². The van der Waals surface area contributed by atoms with Crippen LogP contribution in [0.5, 0.6) is 11.5 Å². The molecule has 1 saturated carbocycles. The zero-order valence-corrected chi connectivity index (χ0v) is 19.9. The highest BCUT2D eigenvalue weighted by Gasteiger charge is 2.61. The Morgan fingerprint density at radius 1 is 1.12 bits per heavy atom. The molecule has 0 aliphatic heterocycles. The predicted molar refractivity (Wildman–Crippen MR) is 125 cm³/mol. The molecule has 4 nitrogen and oxygen atoms in total. The van der Waals surface area contributed by atoms with Crippen molar-refractivity contribution in [2.24, 2.45) is 17.3 Å².